The van der Waals surface area contributed by atoms with Crippen LogP contribution in [0, 0.1) is 5.92 Å². The van der Waals surface area contributed by atoms with E-state index in [1.165, 1.54) is 6.92 Å². The summed E-state index contributed by atoms with van der Waals surface area (Å²) in [7, 11) is 0. The summed E-state index contributed by atoms with van der Waals surface area (Å²) in [6.45, 7) is 6.00. The average Bonchev–Trinajstić information content (AvgIpc) is 2.90. The third-order valence-electron chi connectivity index (χ3n) is 4.07. The lowest BCUT2D eigenvalue weighted by Crippen LogP contribution is -2.35. The highest BCUT2D eigenvalue weighted by Gasteiger charge is 2.35. The Hall–Kier alpha value is -2.41. The lowest BCUT2D eigenvalue weighted by molar-refractivity contribution is -0.127. The number of hydrogen-bond donors (Lipinski definition) is 3. The number of rotatable bonds is 6. The van der Waals surface area contributed by atoms with Gasteiger partial charge in [-0.2, -0.15) is 0 Å². The largest absolute Gasteiger partial charge is 0.365 e. The predicted molar refractivity (Wildman–Crippen MR) is 94.2 cm³/mol. The molecule has 1 aromatic carbocycles. The van der Waals surface area contributed by atoms with Gasteiger partial charge in [0.15, 0.2) is 0 Å². The number of para-hydroxylation sites is 1. The summed E-state index contributed by atoms with van der Waals surface area (Å²) >= 11 is 0. The Labute approximate surface area is 147 Å². The zero-order chi connectivity index (χ0) is 18.4. The molecule has 3 atom stereocenters. The second-order valence-electron chi connectivity index (χ2n) is 6.35. The highest BCUT2D eigenvalue weighted by molar-refractivity contribution is 6.04. The summed E-state index contributed by atoms with van der Waals surface area (Å²) < 4.78 is 5.66. The van der Waals surface area contributed by atoms with E-state index in [1.54, 1.807) is 24.3 Å². The number of amides is 3. The van der Waals surface area contributed by atoms with Crippen molar-refractivity contribution in [1.82, 2.24) is 10.6 Å². The van der Waals surface area contributed by atoms with E-state index in [2.05, 4.69) is 16.0 Å². The van der Waals surface area contributed by atoms with Crippen LogP contribution in [0.1, 0.15) is 37.6 Å². The molecule has 1 aromatic rings. The van der Waals surface area contributed by atoms with Crippen LogP contribution in [-0.2, 0) is 14.3 Å². The van der Waals surface area contributed by atoms with Gasteiger partial charge in [-0.15, -0.1) is 0 Å². The number of nitrogens with one attached hydrogen (secondary N) is 3. The van der Waals surface area contributed by atoms with Gasteiger partial charge in [0.2, 0.25) is 5.91 Å². The second kappa shape index (κ2) is 8.62. The number of carbonyl (C=O) groups excluding carboxylic acids is 3. The molecule has 0 radical (unpaired) electrons. The van der Waals surface area contributed by atoms with E-state index < -0.39 is 6.10 Å². The van der Waals surface area contributed by atoms with Crippen LogP contribution in [0.5, 0.6) is 0 Å². The standard InChI is InChI=1S/C18H25N3O4/c1-11-10-12(2)25-16(11)18(24)21-15-7-5-4-6-14(15)17(23)20-9-8-19-13(3)22/h4-7,11-12,16H,8-10H2,1-3H3,(H,19,22)(H,20,23)(H,21,24)/t11-,12+,16+/m0/s1. The van der Waals surface area contributed by atoms with E-state index in [-0.39, 0.29) is 29.7 Å². The van der Waals surface area contributed by atoms with Crippen molar-refractivity contribution < 1.29 is 19.1 Å². The van der Waals surface area contributed by atoms with Crippen molar-refractivity contribution in [2.45, 2.75) is 39.4 Å². The third-order valence-corrected chi connectivity index (χ3v) is 4.07. The molecule has 1 heterocycles. The molecular weight excluding hydrogens is 322 g/mol. The molecule has 0 bridgehead atoms. The molecule has 0 aromatic heterocycles. The van der Waals surface area contributed by atoms with Crippen molar-refractivity contribution in [3.8, 4) is 0 Å². The molecule has 7 nitrogen and oxygen atoms in total. The smallest absolute Gasteiger partial charge is 0.253 e. The fourth-order valence-electron chi connectivity index (χ4n) is 2.91. The van der Waals surface area contributed by atoms with Gasteiger partial charge in [0.05, 0.1) is 17.4 Å². The Balaban J connectivity index is 1.98. The van der Waals surface area contributed by atoms with Crippen LogP contribution in [0.2, 0.25) is 0 Å². The molecule has 3 amide bonds. The van der Waals surface area contributed by atoms with Crippen molar-refractivity contribution in [3.63, 3.8) is 0 Å². The first-order valence-corrected chi connectivity index (χ1v) is 8.46. The maximum Gasteiger partial charge on any atom is 0.253 e. The van der Waals surface area contributed by atoms with Crippen LogP contribution in [0.15, 0.2) is 24.3 Å². The Kier molecular flexibility index (Phi) is 6.52. The van der Waals surface area contributed by atoms with Gasteiger partial charge in [0.1, 0.15) is 6.10 Å². The van der Waals surface area contributed by atoms with Crippen LogP contribution in [-0.4, -0.2) is 43.0 Å². The fraction of sp³-hybridized carbons (Fsp3) is 0.500. The molecule has 7 heteroatoms. The lowest BCUT2D eigenvalue weighted by Gasteiger charge is -2.17. The minimum absolute atomic E-state index is 0.0538. The molecule has 1 aliphatic heterocycles. The first-order chi connectivity index (χ1) is 11.9. The molecule has 0 saturated carbocycles. The van der Waals surface area contributed by atoms with E-state index in [0.717, 1.165) is 6.42 Å². The Morgan fingerprint density at radius 1 is 1.12 bits per heavy atom. The first-order valence-electron chi connectivity index (χ1n) is 8.46. The Morgan fingerprint density at radius 3 is 2.44 bits per heavy atom. The maximum atomic E-state index is 12.5. The van der Waals surface area contributed by atoms with Crippen molar-refractivity contribution in [2.75, 3.05) is 18.4 Å². The average molecular weight is 347 g/mol. The number of carbonyl (C=O) groups is 3. The van der Waals surface area contributed by atoms with Gasteiger partial charge in [0.25, 0.3) is 11.8 Å². The van der Waals surface area contributed by atoms with Crippen molar-refractivity contribution in [3.05, 3.63) is 29.8 Å². The third kappa shape index (κ3) is 5.29. The summed E-state index contributed by atoms with van der Waals surface area (Å²) in [5.41, 5.74) is 0.817. The zero-order valence-electron chi connectivity index (χ0n) is 14.8. The van der Waals surface area contributed by atoms with Gasteiger partial charge in [-0.3, -0.25) is 14.4 Å². The van der Waals surface area contributed by atoms with Gasteiger partial charge < -0.3 is 20.7 Å². The predicted octanol–water partition coefficient (Wildman–Crippen LogP) is 1.30. The molecule has 1 fully saturated rings. The molecule has 3 N–H and O–H groups in total. The number of ether oxygens (including phenoxy) is 1. The number of benzene rings is 1. The zero-order valence-corrected chi connectivity index (χ0v) is 14.8. The van der Waals surface area contributed by atoms with Gasteiger partial charge >= 0.3 is 0 Å². The fourth-order valence-corrected chi connectivity index (χ4v) is 2.91. The molecule has 1 aliphatic rings. The van der Waals surface area contributed by atoms with Crippen molar-refractivity contribution in [2.24, 2.45) is 5.92 Å². The minimum Gasteiger partial charge on any atom is -0.365 e. The van der Waals surface area contributed by atoms with E-state index in [4.69, 9.17) is 4.74 Å². The summed E-state index contributed by atoms with van der Waals surface area (Å²) in [4.78, 5) is 35.6. The minimum atomic E-state index is -0.508. The van der Waals surface area contributed by atoms with Gasteiger partial charge in [-0.05, 0) is 31.4 Å². The lowest BCUT2D eigenvalue weighted by atomic mass is 10.0. The number of anilines is 1. The molecule has 1 saturated heterocycles. The highest BCUT2D eigenvalue weighted by atomic mass is 16.5. The summed E-state index contributed by atoms with van der Waals surface area (Å²) in [6, 6.07) is 6.81. The summed E-state index contributed by atoms with van der Waals surface area (Å²) in [5.74, 6) is -0.569. The van der Waals surface area contributed by atoms with Crippen LogP contribution in [0.25, 0.3) is 0 Å². The van der Waals surface area contributed by atoms with Gasteiger partial charge in [-0.25, -0.2) is 0 Å². The van der Waals surface area contributed by atoms with E-state index >= 15 is 0 Å². The SMILES string of the molecule is CC(=O)NCCNC(=O)c1ccccc1NC(=O)[C@@H]1O[C@H](C)C[C@@H]1C. The normalized spacial score (nSPS) is 22.3. The first kappa shape index (κ1) is 18.9. The Bertz CT molecular complexity index is 647. The number of hydrogen-bond acceptors (Lipinski definition) is 4. The van der Waals surface area contributed by atoms with Crippen LogP contribution < -0.4 is 16.0 Å². The topological polar surface area (TPSA) is 96.5 Å². The van der Waals surface area contributed by atoms with E-state index in [9.17, 15) is 14.4 Å². The Morgan fingerprint density at radius 2 is 1.80 bits per heavy atom. The molecule has 0 aliphatic carbocycles. The molecule has 0 unspecified atom stereocenters. The molecule has 0 spiro atoms. The molecule has 136 valence electrons. The summed E-state index contributed by atoms with van der Waals surface area (Å²) in [6.07, 6.45) is 0.382. The van der Waals surface area contributed by atoms with Crippen molar-refractivity contribution >= 4 is 23.4 Å². The van der Waals surface area contributed by atoms with Crippen LogP contribution in [0.3, 0.4) is 0 Å². The van der Waals surface area contributed by atoms with Gasteiger partial charge in [0, 0.05) is 20.0 Å². The summed E-state index contributed by atoms with van der Waals surface area (Å²) in [5, 5.41) is 8.12. The molecular formula is C18H25N3O4. The highest BCUT2D eigenvalue weighted by Crippen LogP contribution is 2.27. The van der Waals surface area contributed by atoms with E-state index in [0.29, 0.717) is 24.3 Å². The second-order valence-corrected chi connectivity index (χ2v) is 6.35. The van der Waals surface area contributed by atoms with Crippen molar-refractivity contribution in [1.29, 1.82) is 0 Å². The van der Waals surface area contributed by atoms with E-state index in [1.807, 2.05) is 13.8 Å². The molecule has 25 heavy (non-hydrogen) atoms. The van der Waals surface area contributed by atoms with Crippen LogP contribution in [0.4, 0.5) is 5.69 Å². The maximum absolute atomic E-state index is 12.5. The molecule has 2 rings (SSSR count). The van der Waals surface area contributed by atoms with Gasteiger partial charge in [-0.1, -0.05) is 19.1 Å². The quantitative estimate of drug-likeness (QED) is 0.676. The monoisotopic (exact) mass is 347 g/mol. The van der Waals surface area contributed by atoms with Crippen LogP contribution >= 0.6 is 0 Å².